The van der Waals surface area contributed by atoms with Gasteiger partial charge < -0.3 is 30.5 Å². The third kappa shape index (κ3) is 8.54. The SMILES string of the molecule is CCN(CC)CCCC[C@H](NC(=O)N1CC(c2cnc(CNC(=O)c3ccc(C(C)(C)C)cc3)[nH]2)C1)C(=O)O. The number of nitrogens with zero attached hydrogens (tertiary/aromatic N) is 3. The van der Waals surface area contributed by atoms with E-state index in [0.29, 0.717) is 30.9 Å². The highest BCUT2D eigenvalue weighted by Crippen LogP contribution is 2.26. The number of carbonyl (C=O) groups excluding carboxylic acids is 2. The summed E-state index contributed by atoms with van der Waals surface area (Å²) in [4.78, 5) is 48.3. The van der Waals surface area contributed by atoms with Crippen LogP contribution in [0.5, 0.6) is 0 Å². The Hall–Kier alpha value is -3.40. The van der Waals surface area contributed by atoms with E-state index in [0.717, 1.165) is 38.2 Å². The van der Waals surface area contributed by atoms with Crippen LogP contribution in [0.25, 0.3) is 0 Å². The highest BCUT2D eigenvalue weighted by molar-refractivity contribution is 5.94. The number of amides is 3. The molecular formula is C29H44N6O4. The molecule has 2 heterocycles. The van der Waals surface area contributed by atoms with Crippen molar-refractivity contribution in [2.24, 2.45) is 0 Å². The van der Waals surface area contributed by atoms with Crippen LogP contribution in [-0.2, 0) is 16.8 Å². The van der Waals surface area contributed by atoms with E-state index in [-0.39, 0.29) is 29.8 Å². The number of benzene rings is 1. The molecule has 1 fully saturated rings. The number of carboxylic acid groups (broad SMARTS) is 1. The van der Waals surface area contributed by atoms with Crippen molar-refractivity contribution in [1.29, 1.82) is 0 Å². The minimum Gasteiger partial charge on any atom is -0.480 e. The number of carboxylic acids is 1. The number of rotatable bonds is 13. The summed E-state index contributed by atoms with van der Waals surface area (Å²) in [6, 6.07) is 6.37. The lowest BCUT2D eigenvalue weighted by molar-refractivity contribution is -0.139. The Bertz CT molecular complexity index is 1100. The maximum Gasteiger partial charge on any atom is 0.326 e. The summed E-state index contributed by atoms with van der Waals surface area (Å²) in [5.74, 6) is -0.437. The molecule has 1 aromatic carbocycles. The molecule has 2 aromatic rings. The van der Waals surface area contributed by atoms with E-state index in [4.69, 9.17) is 0 Å². The second-order valence-electron chi connectivity index (χ2n) is 11.3. The van der Waals surface area contributed by atoms with Gasteiger partial charge in [-0.3, -0.25) is 4.79 Å². The van der Waals surface area contributed by atoms with Gasteiger partial charge in [0, 0.05) is 36.5 Å². The molecule has 0 saturated carbocycles. The number of imidazole rings is 1. The highest BCUT2D eigenvalue weighted by atomic mass is 16.4. The Morgan fingerprint density at radius 1 is 1.13 bits per heavy atom. The van der Waals surface area contributed by atoms with Gasteiger partial charge in [-0.25, -0.2) is 14.6 Å². The van der Waals surface area contributed by atoms with Gasteiger partial charge in [-0.05, 0) is 62.0 Å². The van der Waals surface area contributed by atoms with E-state index in [1.54, 1.807) is 11.1 Å². The summed E-state index contributed by atoms with van der Waals surface area (Å²) in [5.41, 5.74) is 2.69. The molecule has 0 spiro atoms. The predicted octanol–water partition coefficient (Wildman–Crippen LogP) is 3.71. The van der Waals surface area contributed by atoms with E-state index >= 15 is 0 Å². The lowest BCUT2D eigenvalue weighted by Crippen LogP contribution is -2.55. The van der Waals surface area contributed by atoms with Crippen molar-refractivity contribution >= 4 is 17.9 Å². The van der Waals surface area contributed by atoms with E-state index in [1.165, 1.54) is 5.56 Å². The van der Waals surface area contributed by atoms with Crippen LogP contribution in [-0.4, -0.2) is 81.5 Å². The van der Waals surface area contributed by atoms with Gasteiger partial charge in [0.1, 0.15) is 11.9 Å². The summed E-state index contributed by atoms with van der Waals surface area (Å²) < 4.78 is 0. The molecule has 214 valence electrons. The first-order valence-electron chi connectivity index (χ1n) is 13.9. The third-order valence-electron chi connectivity index (χ3n) is 7.39. The van der Waals surface area contributed by atoms with Crippen molar-refractivity contribution in [3.63, 3.8) is 0 Å². The number of nitrogens with one attached hydrogen (secondary N) is 3. The molecule has 1 aromatic heterocycles. The molecule has 0 unspecified atom stereocenters. The number of carbonyl (C=O) groups is 3. The van der Waals surface area contributed by atoms with Gasteiger partial charge in [0.2, 0.25) is 0 Å². The minimum atomic E-state index is -1.01. The molecule has 4 N–H and O–H groups in total. The molecular weight excluding hydrogens is 496 g/mol. The summed E-state index contributed by atoms with van der Waals surface area (Å²) in [6.07, 6.45) is 3.79. The van der Waals surface area contributed by atoms with Gasteiger partial charge in [0.15, 0.2) is 0 Å². The first kappa shape index (κ1) is 30.1. The first-order valence-corrected chi connectivity index (χ1v) is 13.9. The van der Waals surface area contributed by atoms with Crippen LogP contribution in [0.1, 0.15) is 87.2 Å². The van der Waals surface area contributed by atoms with Gasteiger partial charge in [-0.1, -0.05) is 46.8 Å². The fraction of sp³-hybridized carbons (Fsp3) is 0.586. The average molecular weight is 541 g/mol. The Morgan fingerprint density at radius 3 is 2.38 bits per heavy atom. The number of aromatic amines is 1. The number of aliphatic carboxylic acids is 1. The van der Waals surface area contributed by atoms with Gasteiger partial charge in [-0.2, -0.15) is 0 Å². The Morgan fingerprint density at radius 2 is 1.79 bits per heavy atom. The highest BCUT2D eigenvalue weighted by Gasteiger charge is 2.34. The predicted molar refractivity (Wildman–Crippen MR) is 151 cm³/mol. The molecule has 3 amide bonds. The molecule has 1 saturated heterocycles. The van der Waals surface area contributed by atoms with Crippen LogP contribution in [0.15, 0.2) is 30.5 Å². The van der Waals surface area contributed by atoms with Gasteiger partial charge in [0.25, 0.3) is 5.91 Å². The molecule has 10 heteroatoms. The molecule has 0 aliphatic carbocycles. The zero-order valence-corrected chi connectivity index (χ0v) is 23.9. The van der Waals surface area contributed by atoms with E-state index in [9.17, 15) is 19.5 Å². The van der Waals surface area contributed by atoms with Crippen molar-refractivity contribution in [1.82, 2.24) is 30.4 Å². The Labute approximate surface area is 231 Å². The van der Waals surface area contributed by atoms with Crippen molar-refractivity contribution in [2.45, 2.75) is 77.8 Å². The second-order valence-corrected chi connectivity index (χ2v) is 11.3. The number of H-pyrrole nitrogens is 1. The van der Waals surface area contributed by atoms with Crippen LogP contribution >= 0.6 is 0 Å². The van der Waals surface area contributed by atoms with Crippen molar-refractivity contribution in [2.75, 3.05) is 32.7 Å². The fourth-order valence-electron chi connectivity index (χ4n) is 4.63. The van der Waals surface area contributed by atoms with E-state index in [1.807, 2.05) is 24.3 Å². The van der Waals surface area contributed by atoms with E-state index in [2.05, 4.69) is 60.1 Å². The van der Waals surface area contributed by atoms with Crippen LogP contribution in [0.2, 0.25) is 0 Å². The topological polar surface area (TPSA) is 131 Å². The monoisotopic (exact) mass is 540 g/mol. The largest absolute Gasteiger partial charge is 0.480 e. The average Bonchev–Trinajstić information content (AvgIpc) is 3.33. The standard InChI is InChI=1S/C29H44N6O4/c1-6-34(7-2)15-9-8-10-23(27(37)38)33-28(39)35-18-21(19-35)24-16-30-25(32-24)17-31-26(36)20-11-13-22(14-12-20)29(3,4)5/h11-14,16,21,23H,6-10,15,17-19H2,1-5H3,(H,30,32)(H,31,36)(H,33,39)(H,37,38)/t23-/m0/s1. The molecule has 39 heavy (non-hydrogen) atoms. The maximum absolute atomic E-state index is 12.6. The molecule has 10 nitrogen and oxygen atoms in total. The number of likely N-dealkylation sites (tertiary alicyclic amines) is 1. The molecule has 1 atom stereocenters. The summed E-state index contributed by atoms with van der Waals surface area (Å²) >= 11 is 0. The quantitative estimate of drug-likeness (QED) is 0.287. The maximum atomic E-state index is 12.6. The van der Waals surface area contributed by atoms with Crippen molar-refractivity contribution in [3.05, 3.63) is 53.1 Å². The van der Waals surface area contributed by atoms with Crippen LogP contribution in [0.3, 0.4) is 0 Å². The summed E-state index contributed by atoms with van der Waals surface area (Å²) in [7, 11) is 0. The van der Waals surface area contributed by atoms with Gasteiger partial charge in [-0.15, -0.1) is 0 Å². The summed E-state index contributed by atoms with van der Waals surface area (Å²) in [6.45, 7) is 14.7. The third-order valence-corrected chi connectivity index (χ3v) is 7.39. The molecule has 1 aliphatic rings. The molecule has 3 rings (SSSR count). The zero-order chi connectivity index (χ0) is 28.6. The fourth-order valence-corrected chi connectivity index (χ4v) is 4.63. The number of hydrogen-bond donors (Lipinski definition) is 4. The summed E-state index contributed by atoms with van der Waals surface area (Å²) in [5, 5.41) is 15.1. The second kappa shape index (κ2) is 13.6. The van der Waals surface area contributed by atoms with Crippen LogP contribution in [0, 0.1) is 0 Å². The van der Waals surface area contributed by atoms with Crippen LogP contribution < -0.4 is 10.6 Å². The lowest BCUT2D eigenvalue weighted by atomic mass is 9.87. The number of aromatic nitrogens is 2. The Kier molecular flexibility index (Phi) is 10.5. The lowest BCUT2D eigenvalue weighted by Gasteiger charge is -2.39. The van der Waals surface area contributed by atoms with Crippen molar-refractivity contribution in [3.8, 4) is 0 Å². The number of unbranched alkanes of at least 4 members (excludes halogenated alkanes) is 1. The van der Waals surface area contributed by atoms with Gasteiger partial charge >= 0.3 is 12.0 Å². The van der Waals surface area contributed by atoms with E-state index < -0.39 is 12.0 Å². The van der Waals surface area contributed by atoms with Crippen LogP contribution in [0.4, 0.5) is 4.79 Å². The smallest absolute Gasteiger partial charge is 0.326 e. The molecule has 0 bridgehead atoms. The zero-order valence-electron chi connectivity index (χ0n) is 23.9. The molecule has 0 radical (unpaired) electrons. The number of hydrogen-bond acceptors (Lipinski definition) is 5. The van der Waals surface area contributed by atoms with Crippen molar-refractivity contribution < 1.29 is 19.5 Å². The van der Waals surface area contributed by atoms with Gasteiger partial charge in [0.05, 0.1) is 6.54 Å². The number of urea groups is 1. The normalized spacial score (nSPS) is 14.7. The first-order chi connectivity index (χ1) is 18.5. The minimum absolute atomic E-state index is 0.0282. The Balaban J connectivity index is 1.41. The molecule has 1 aliphatic heterocycles.